The zero-order chi connectivity index (χ0) is 26.3. The second-order valence-electron chi connectivity index (χ2n) is 9.31. The van der Waals surface area contributed by atoms with Gasteiger partial charge in [-0.3, -0.25) is 15.1 Å². The van der Waals surface area contributed by atoms with Crippen LogP contribution in [0.1, 0.15) is 52.9 Å². The van der Waals surface area contributed by atoms with Gasteiger partial charge in [0.15, 0.2) is 6.19 Å². The maximum Gasteiger partial charge on any atom is 0.257 e. The molecule has 8 nitrogen and oxygen atoms in total. The Bertz CT molecular complexity index is 1290. The molecule has 1 aliphatic rings. The van der Waals surface area contributed by atoms with Crippen LogP contribution in [0.2, 0.25) is 0 Å². The van der Waals surface area contributed by atoms with Crippen molar-refractivity contribution in [3.05, 3.63) is 77.0 Å². The van der Waals surface area contributed by atoms with Crippen molar-refractivity contribution in [2.24, 2.45) is 4.99 Å². The molecule has 2 aromatic carbocycles. The molecule has 0 saturated heterocycles. The summed E-state index contributed by atoms with van der Waals surface area (Å²) in [5.74, 6) is 0.815. The van der Waals surface area contributed by atoms with Gasteiger partial charge in [0.05, 0.1) is 0 Å². The molecule has 192 valence electrons. The molecule has 9 heteroatoms. The minimum Gasteiger partial charge on any atom is -0.360 e. The molecule has 1 saturated carbocycles. The van der Waals surface area contributed by atoms with E-state index < -0.39 is 0 Å². The molecule has 1 heterocycles. The van der Waals surface area contributed by atoms with Gasteiger partial charge in [-0.2, -0.15) is 5.26 Å². The van der Waals surface area contributed by atoms with Crippen molar-refractivity contribution < 1.29 is 9.32 Å². The fourth-order valence-electron chi connectivity index (χ4n) is 5.11. The van der Waals surface area contributed by atoms with Crippen LogP contribution in [-0.4, -0.2) is 36.7 Å². The number of nitriles is 1. The number of benzene rings is 2. The van der Waals surface area contributed by atoms with Crippen LogP contribution in [0.4, 0.5) is 0 Å². The van der Waals surface area contributed by atoms with Gasteiger partial charge in [0.2, 0.25) is 5.96 Å². The molecule has 1 aromatic heterocycles. The molecular formula is C28H31IN6O2. The van der Waals surface area contributed by atoms with Gasteiger partial charge in [0, 0.05) is 35.0 Å². The third kappa shape index (κ3) is 5.96. The number of hydrogen-bond donors (Lipinski definition) is 3. The van der Waals surface area contributed by atoms with E-state index in [1.54, 1.807) is 14.0 Å². The standard InChI is InChI=1S/C28H31IN6O2/c1-19-24(25(35-37-19)23-11-7-6-8-20(23)16-29)26(36)32-17-28(21-9-4-3-5-10-21)14-12-22(13-15-28)34-27(31-2)33-18-30/h3-11,22H,12-17H2,1-2H3,(H,32,36)(H2,31,33,34). The van der Waals surface area contributed by atoms with E-state index >= 15 is 0 Å². The number of aliphatic imine (C=N–C) groups is 1. The number of carbonyl (C=O) groups is 1. The third-order valence-electron chi connectivity index (χ3n) is 7.16. The van der Waals surface area contributed by atoms with E-state index in [1.807, 2.05) is 48.7 Å². The molecule has 37 heavy (non-hydrogen) atoms. The van der Waals surface area contributed by atoms with Crippen LogP contribution in [0, 0.1) is 18.4 Å². The zero-order valence-corrected chi connectivity index (χ0v) is 23.2. The second kappa shape index (κ2) is 12.2. The van der Waals surface area contributed by atoms with Crippen LogP contribution < -0.4 is 16.0 Å². The Balaban J connectivity index is 1.54. The summed E-state index contributed by atoms with van der Waals surface area (Å²) in [5, 5.41) is 22.4. The SMILES string of the molecule is CN=C(NC#N)NC1CCC(CNC(=O)c2c(-c3ccccc3CI)noc2C)(c2ccccc2)CC1. The number of rotatable bonds is 7. The predicted octanol–water partition coefficient (Wildman–Crippen LogP) is 4.84. The van der Waals surface area contributed by atoms with Gasteiger partial charge >= 0.3 is 0 Å². The highest BCUT2D eigenvalue weighted by Crippen LogP contribution is 2.39. The van der Waals surface area contributed by atoms with Crippen molar-refractivity contribution >= 4 is 34.5 Å². The molecule has 0 radical (unpaired) electrons. The average Bonchev–Trinajstić information content (AvgIpc) is 3.33. The molecule has 1 aliphatic carbocycles. The monoisotopic (exact) mass is 610 g/mol. The lowest BCUT2D eigenvalue weighted by atomic mass is 9.68. The Morgan fingerprint density at radius 2 is 1.89 bits per heavy atom. The first-order valence-electron chi connectivity index (χ1n) is 12.3. The predicted molar refractivity (Wildman–Crippen MR) is 152 cm³/mol. The van der Waals surface area contributed by atoms with Crippen LogP contribution in [0.5, 0.6) is 0 Å². The molecule has 0 spiro atoms. The highest BCUT2D eigenvalue weighted by molar-refractivity contribution is 14.1. The summed E-state index contributed by atoms with van der Waals surface area (Å²) in [6, 6.07) is 18.6. The third-order valence-corrected chi connectivity index (χ3v) is 7.98. The van der Waals surface area contributed by atoms with E-state index in [-0.39, 0.29) is 17.4 Å². The van der Waals surface area contributed by atoms with E-state index in [4.69, 9.17) is 9.78 Å². The van der Waals surface area contributed by atoms with Crippen molar-refractivity contribution in [1.82, 2.24) is 21.1 Å². The molecular weight excluding hydrogens is 579 g/mol. The lowest BCUT2D eigenvalue weighted by Gasteiger charge is -2.41. The molecule has 3 N–H and O–H groups in total. The fraction of sp³-hybridized carbons (Fsp3) is 0.357. The summed E-state index contributed by atoms with van der Waals surface area (Å²) in [6.45, 7) is 2.29. The zero-order valence-electron chi connectivity index (χ0n) is 21.1. The lowest BCUT2D eigenvalue weighted by Crippen LogP contribution is -2.49. The minimum absolute atomic E-state index is 0.175. The van der Waals surface area contributed by atoms with Gasteiger partial charge in [-0.1, -0.05) is 82.3 Å². The first-order valence-corrected chi connectivity index (χ1v) is 13.9. The number of aromatic nitrogens is 1. The summed E-state index contributed by atoms with van der Waals surface area (Å²) >= 11 is 2.32. The highest BCUT2D eigenvalue weighted by atomic mass is 127. The maximum atomic E-state index is 13.6. The number of nitrogens with zero attached hydrogens (tertiary/aromatic N) is 3. The highest BCUT2D eigenvalue weighted by Gasteiger charge is 2.38. The van der Waals surface area contributed by atoms with E-state index in [9.17, 15) is 4.79 Å². The molecule has 0 unspecified atom stereocenters. The van der Waals surface area contributed by atoms with E-state index in [0.29, 0.717) is 29.5 Å². The number of aryl methyl sites for hydroxylation is 1. The Morgan fingerprint density at radius 3 is 2.57 bits per heavy atom. The molecule has 4 rings (SSSR count). The van der Waals surface area contributed by atoms with Crippen LogP contribution in [-0.2, 0) is 9.84 Å². The largest absolute Gasteiger partial charge is 0.360 e. The molecule has 0 atom stereocenters. The van der Waals surface area contributed by atoms with Crippen molar-refractivity contribution in [2.75, 3.05) is 13.6 Å². The van der Waals surface area contributed by atoms with Gasteiger partial charge in [-0.05, 0) is 43.7 Å². The average molecular weight is 610 g/mol. The van der Waals surface area contributed by atoms with Gasteiger partial charge in [0.1, 0.15) is 17.0 Å². The summed E-state index contributed by atoms with van der Waals surface area (Å²) in [6.07, 6.45) is 5.45. The molecule has 3 aromatic rings. The van der Waals surface area contributed by atoms with Gasteiger partial charge in [0.25, 0.3) is 5.91 Å². The number of carbonyl (C=O) groups excluding carboxylic acids is 1. The molecule has 1 amide bonds. The smallest absolute Gasteiger partial charge is 0.257 e. The number of alkyl halides is 1. The maximum absolute atomic E-state index is 13.6. The Kier molecular flexibility index (Phi) is 8.82. The van der Waals surface area contributed by atoms with Gasteiger partial charge in [-0.25, -0.2) is 0 Å². The minimum atomic E-state index is -0.202. The van der Waals surface area contributed by atoms with Gasteiger partial charge < -0.3 is 15.2 Å². The quantitative estimate of drug-likeness (QED) is 0.0881. The first kappa shape index (κ1) is 26.7. The van der Waals surface area contributed by atoms with Crippen LogP contribution in [0.25, 0.3) is 11.3 Å². The Hall–Kier alpha value is -3.39. The van der Waals surface area contributed by atoms with Crippen molar-refractivity contribution in [3.63, 3.8) is 0 Å². The summed E-state index contributed by atoms with van der Waals surface area (Å²) < 4.78 is 6.30. The van der Waals surface area contributed by atoms with E-state index in [0.717, 1.165) is 41.2 Å². The van der Waals surface area contributed by atoms with E-state index in [2.05, 4.69) is 60.8 Å². The van der Waals surface area contributed by atoms with Crippen LogP contribution >= 0.6 is 22.6 Å². The van der Waals surface area contributed by atoms with E-state index in [1.165, 1.54) is 5.56 Å². The number of hydrogen-bond acceptors (Lipinski definition) is 5. The summed E-state index contributed by atoms with van der Waals surface area (Å²) in [5.41, 5.74) is 4.11. The van der Waals surface area contributed by atoms with Gasteiger partial charge in [-0.15, -0.1) is 0 Å². The first-order chi connectivity index (χ1) is 18.0. The fourth-order valence-corrected chi connectivity index (χ4v) is 5.77. The normalized spacial score (nSPS) is 19.6. The molecule has 0 aliphatic heterocycles. The van der Waals surface area contributed by atoms with Crippen molar-refractivity contribution in [1.29, 1.82) is 5.26 Å². The van der Waals surface area contributed by atoms with Crippen molar-refractivity contribution in [2.45, 2.75) is 48.5 Å². The van der Waals surface area contributed by atoms with Crippen molar-refractivity contribution in [3.8, 4) is 17.5 Å². The molecule has 0 bridgehead atoms. The molecule has 1 fully saturated rings. The van der Waals surface area contributed by atoms with Crippen LogP contribution in [0.3, 0.4) is 0 Å². The summed E-state index contributed by atoms with van der Waals surface area (Å²) in [4.78, 5) is 17.7. The Morgan fingerprint density at radius 1 is 1.19 bits per heavy atom. The second-order valence-corrected chi connectivity index (χ2v) is 10.1. The Labute approximate surface area is 231 Å². The summed E-state index contributed by atoms with van der Waals surface area (Å²) in [7, 11) is 1.65. The number of guanidine groups is 1. The topological polar surface area (TPSA) is 115 Å². The van der Waals surface area contributed by atoms with Crippen LogP contribution in [0.15, 0.2) is 64.1 Å². The number of nitrogens with one attached hydrogen (secondary N) is 3. The lowest BCUT2D eigenvalue weighted by molar-refractivity contribution is 0.0934. The number of halogens is 1. The number of amides is 1.